The lowest BCUT2D eigenvalue weighted by Crippen LogP contribution is -2.43. The number of amides is 3. The van der Waals surface area contributed by atoms with Crippen LogP contribution < -0.4 is 40.2 Å². The van der Waals surface area contributed by atoms with Crippen LogP contribution in [-0.2, 0) is 16.4 Å². The number of urea groups is 1. The molecule has 6 rings (SSSR count). The lowest BCUT2D eigenvalue weighted by Gasteiger charge is -2.31. The van der Waals surface area contributed by atoms with E-state index in [4.69, 9.17) is 14.2 Å². The average Bonchev–Trinajstić information content (AvgIpc) is 3.19. The molecule has 1 unspecified atom stereocenters. The summed E-state index contributed by atoms with van der Waals surface area (Å²) in [5.41, 5.74) is 3.04. The van der Waals surface area contributed by atoms with Crippen LogP contribution in [0.15, 0.2) is 85.1 Å². The predicted octanol–water partition coefficient (Wildman–Crippen LogP) is 8.90. The van der Waals surface area contributed by atoms with Gasteiger partial charge in [-0.3, -0.25) is 4.79 Å². The van der Waals surface area contributed by atoms with Gasteiger partial charge in [0.2, 0.25) is 0 Å². The van der Waals surface area contributed by atoms with Crippen LogP contribution in [0.4, 0.5) is 42.1 Å². The number of piperidine rings is 1. The Morgan fingerprint density at radius 3 is 2.27 bits per heavy atom. The van der Waals surface area contributed by atoms with E-state index in [1.807, 2.05) is 62.1 Å². The molecule has 2 heterocycles. The van der Waals surface area contributed by atoms with Crippen molar-refractivity contribution in [2.45, 2.75) is 45.0 Å². The van der Waals surface area contributed by atoms with Gasteiger partial charge < -0.3 is 45.1 Å². The Hall–Kier alpha value is -6.00. The third-order valence-corrected chi connectivity index (χ3v) is 10.3. The Balaban J connectivity index is 1.13. The van der Waals surface area contributed by atoms with Crippen LogP contribution in [0.1, 0.15) is 49.5 Å². The molecule has 0 bridgehead atoms. The fraction of sp³-hybridized carbons (Fsp3) is 0.326. The van der Waals surface area contributed by atoms with Crippen LogP contribution in [0, 0.1) is 0 Å². The number of hydrogen-bond donors (Lipinski definition) is 5. The predicted molar refractivity (Wildman–Crippen MR) is 230 cm³/mol. The molecule has 4 aromatic carbocycles. The lowest BCUT2D eigenvalue weighted by molar-refractivity contribution is -0.0547. The number of carbonyl (C=O) groups excluding carboxylic acids is 2. The molecule has 13 nitrogen and oxygen atoms in total. The largest absolute Gasteiger partial charge is 0.496 e. The van der Waals surface area contributed by atoms with Gasteiger partial charge in [-0.2, -0.15) is 0 Å². The summed E-state index contributed by atoms with van der Waals surface area (Å²) < 4.78 is 59.5. The topological polar surface area (TPSA) is 155 Å². The number of halogens is 2. The first-order chi connectivity index (χ1) is 28.1. The molecular formula is C43H49F2N7O6S. The monoisotopic (exact) mass is 829 g/mol. The molecule has 1 atom stereocenters. The van der Waals surface area contributed by atoms with Gasteiger partial charge in [0.15, 0.2) is 5.75 Å². The zero-order chi connectivity index (χ0) is 42.3. The maximum Gasteiger partial charge on any atom is 0.323 e. The van der Waals surface area contributed by atoms with E-state index in [1.165, 1.54) is 20.5 Å². The summed E-state index contributed by atoms with van der Waals surface area (Å²) in [6.45, 7) is 7.52. The second kappa shape index (κ2) is 18.3. The summed E-state index contributed by atoms with van der Waals surface area (Å²) >= 11 is 0. The standard InChI is InChI=1S/C43H49F2N7O6S/c1-42(2,3)27-23-34(39(57-5)35(24-27)51-59(6)55)50-41(54)49-33-13-14-36(31-10-8-7-9-30(31)33)58-29-15-18-46-38(26-29)48-28-11-12-32(37(25-28)56-4)40(53)47-19-22-52-20-16-43(44,45)17-21-52/h7-15,18,23-26,51H,16-17,19-22H2,1-6H3,(H,46,48)(H,47,53)(H2,49,50,54). The van der Waals surface area contributed by atoms with Crippen molar-refractivity contribution < 1.29 is 36.8 Å². The molecular weight excluding hydrogens is 781 g/mol. The summed E-state index contributed by atoms with van der Waals surface area (Å²) in [6.07, 6.45) is 2.78. The van der Waals surface area contributed by atoms with Gasteiger partial charge in [-0.15, -0.1) is 0 Å². The second-order valence-electron chi connectivity index (χ2n) is 15.1. The fourth-order valence-electron chi connectivity index (χ4n) is 6.65. The summed E-state index contributed by atoms with van der Waals surface area (Å²) in [6, 6.07) is 22.8. The number of carbonyl (C=O) groups is 2. The van der Waals surface area contributed by atoms with Crippen molar-refractivity contribution in [2.75, 3.05) is 67.3 Å². The van der Waals surface area contributed by atoms with E-state index < -0.39 is 22.9 Å². The van der Waals surface area contributed by atoms with Gasteiger partial charge in [0.25, 0.3) is 11.8 Å². The van der Waals surface area contributed by atoms with Crippen molar-refractivity contribution >= 4 is 62.3 Å². The third kappa shape index (κ3) is 10.9. The summed E-state index contributed by atoms with van der Waals surface area (Å²) in [4.78, 5) is 32.8. The second-order valence-corrected chi connectivity index (χ2v) is 16.2. The van der Waals surface area contributed by atoms with Crippen LogP contribution in [-0.4, -0.2) is 78.6 Å². The van der Waals surface area contributed by atoms with Crippen molar-refractivity contribution in [3.05, 3.63) is 96.2 Å². The number of aromatic nitrogens is 1. The summed E-state index contributed by atoms with van der Waals surface area (Å²) in [5.74, 6) is -0.736. The molecule has 5 aromatic rings. The molecule has 0 spiro atoms. The smallest absolute Gasteiger partial charge is 0.323 e. The van der Waals surface area contributed by atoms with Gasteiger partial charge >= 0.3 is 6.03 Å². The van der Waals surface area contributed by atoms with Crippen LogP contribution in [0.25, 0.3) is 10.8 Å². The first-order valence-electron chi connectivity index (χ1n) is 19.0. The third-order valence-electron chi connectivity index (χ3n) is 9.77. The summed E-state index contributed by atoms with van der Waals surface area (Å²) in [5, 5.41) is 13.4. The Labute approximate surface area is 344 Å². The number of rotatable bonds is 14. The number of nitrogens with one attached hydrogen (secondary N) is 5. The molecule has 16 heteroatoms. The first kappa shape index (κ1) is 42.6. The molecule has 1 aliphatic rings. The zero-order valence-electron chi connectivity index (χ0n) is 33.8. The number of alkyl halides is 2. The molecule has 5 N–H and O–H groups in total. The van der Waals surface area contributed by atoms with Crippen molar-refractivity contribution in [3.63, 3.8) is 0 Å². The van der Waals surface area contributed by atoms with Gasteiger partial charge in [-0.05, 0) is 53.4 Å². The molecule has 3 amide bonds. The van der Waals surface area contributed by atoms with E-state index in [0.717, 1.165) is 16.3 Å². The lowest BCUT2D eigenvalue weighted by atomic mass is 9.86. The van der Waals surface area contributed by atoms with Gasteiger partial charge in [0.05, 0.1) is 36.8 Å². The number of hydrogen-bond acceptors (Lipinski definition) is 9. The molecule has 1 fully saturated rings. The minimum Gasteiger partial charge on any atom is -0.496 e. The highest BCUT2D eigenvalue weighted by Gasteiger charge is 2.33. The molecule has 312 valence electrons. The number of fused-ring (bicyclic) bond motifs is 1. The minimum absolute atomic E-state index is 0.173. The van der Waals surface area contributed by atoms with E-state index in [9.17, 15) is 22.6 Å². The number of likely N-dealkylation sites (tertiary alicyclic amines) is 1. The van der Waals surface area contributed by atoms with Crippen LogP contribution >= 0.6 is 0 Å². The Morgan fingerprint density at radius 2 is 1.58 bits per heavy atom. The Bertz CT molecular complexity index is 2350. The maximum atomic E-state index is 13.5. The normalized spacial score (nSPS) is 14.5. The number of ether oxygens (including phenoxy) is 3. The molecule has 1 saturated heterocycles. The van der Waals surface area contributed by atoms with E-state index in [1.54, 1.807) is 48.7 Å². The highest BCUT2D eigenvalue weighted by molar-refractivity contribution is 7.85. The fourth-order valence-corrected chi connectivity index (χ4v) is 7.11. The number of nitrogens with zero attached hydrogens (tertiary/aromatic N) is 2. The van der Waals surface area contributed by atoms with Crippen molar-refractivity contribution in [1.82, 2.24) is 15.2 Å². The Morgan fingerprint density at radius 1 is 0.864 bits per heavy atom. The molecule has 0 radical (unpaired) electrons. The van der Waals surface area contributed by atoms with Gasteiger partial charge in [-0.25, -0.2) is 22.8 Å². The number of benzene rings is 4. The quantitative estimate of drug-likeness (QED) is 0.0738. The number of anilines is 5. The number of pyridine rings is 1. The van der Waals surface area contributed by atoms with E-state index in [0.29, 0.717) is 83.3 Å². The zero-order valence-corrected chi connectivity index (χ0v) is 34.7. The molecule has 0 saturated carbocycles. The van der Waals surface area contributed by atoms with E-state index >= 15 is 0 Å². The SMILES string of the molecule is COc1cc(Nc2cc(Oc3ccc(NC(=O)Nc4cc(C(C)(C)C)cc(NS(C)=O)c4OC)c4ccccc34)ccn2)ccc1C(=O)NCCN1CCC(F)(F)CC1. The van der Waals surface area contributed by atoms with Crippen LogP contribution in [0.2, 0.25) is 0 Å². The van der Waals surface area contributed by atoms with E-state index in [2.05, 4.69) is 31.0 Å². The first-order valence-corrected chi connectivity index (χ1v) is 20.6. The van der Waals surface area contributed by atoms with Gasteiger partial charge in [-0.1, -0.05) is 45.0 Å². The molecule has 59 heavy (non-hydrogen) atoms. The minimum atomic E-state index is -2.61. The Kier molecular flexibility index (Phi) is 13.2. The highest BCUT2D eigenvalue weighted by atomic mass is 32.2. The molecule has 1 aromatic heterocycles. The summed E-state index contributed by atoms with van der Waals surface area (Å²) in [7, 11) is 1.59. The van der Waals surface area contributed by atoms with Crippen LogP contribution in [0.3, 0.4) is 0 Å². The van der Waals surface area contributed by atoms with Gasteiger partial charge in [0, 0.05) is 80.1 Å². The highest BCUT2D eigenvalue weighted by Crippen LogP contribution is 2.40. The van der Waals surface area contributed by atoms with E-state index in [-0.39, 0.29) is 24.2 Å². The van der Waals surface area contributed by atoms with Crippen molar-refractivity contribution in [3.8, 4) is 23.0 Å². The maximum absolute atomic E-state index is 13.5. The van der Waals surface area contributed by atoms with Crippen molar-refractivity contribution in [1.29, 1.82) is 0 Å². The van der Waals surface area contributed by atoms with Gasteiger partial charge in [0.1, 0.15) is 34.1 Å². The van der Waals surface area contributed by atoms with Crippen LogP contribution in [0.5, 0.6) is 23.0 Å². The molecule has 1 aliphatic heterocycles. The van der Waals surface area contributed by atoms with Crippen molar-refractivity contribution in [2.24, 2.45) is 0 Å². The number of methoxy groups -OCH3 is 2. The average molecular weight is 830 g/mol. The molecule has 0 aliphatic carbocycles.